The average Bonchev–Trinajstić information content (AvgIpc) is 3.26. The van der Waals surface area contributed by atoms with Crippen molar-refractivity contribution < 1.29 is 9.84 Å². The number of thiocarbonyl (C=S) groups is 1. The fourth-order valence-electron chi connectivity index (χ4n) is 4.50. The Labute approximate surface area is 198 Å². The van der Waals surface area contributed by atoms with E-state index >= 15 is 0 Å². The largest absolute Gasteiger partial charge is 0.506 e. The molecule has 168 valence electrons. The maximum atomic E-state index is 10.5. The number of rotatable bonds is 7. The number of hydrogen-bond acceptors (Lipinski definition) is 4. The second-order valence-corrected chi connectivity index (χ2v) is 8.78. The molecule has 1 aliphatic heterocycles. The Morgan fingerprint density at radius 2 is 2.03 bits per heavy atom. The van der Waals surface area contributed by atoms with Crippen LogP contribution in [-0.2, 0) is 4.74 Å². The zero-order chi connectivity index (χ0) is 22.8. The monoisotopic (exact) mass is 470 g/mol. The molecule has 2 atom stereocenters. The zero-order valence-electron chi connectivity index (χ0n) is 18.4. The highest BCUT2D eigenvalue weighted by atomic mass is 35.5. The van der Waals surface area contributed by atoms with Crippen molar-refractivity contribution >= 4 is 28.9 Å². The lowest BCUT2D eigenvalue weighted by atomic mass is 9.96. The van der Waals surface area contributed by atoms with E-state index in [0.29, 0.717) is 22.4 Å². The van der Waals surface area contributed by atoms with E-state index in [1.165, 1.54) is 0 Å². The molecule has 0 spiro atoms. The molecule has 1 aliphatic rings. The number of ether oxygens (including phenoxy) is 1. The molecule has 0 saturated carbocycles. The van der Waals surface area contributed by atoms with Crippen molar-refractivity contribution in [2.45, 2.75) is 32.4 Å². The number of aryl methyl sites for hydroxylation is 1. The molecule has 3 heterocycles. The number of nitrogens with zero attached hydrogens (tertiary/aromatic N) is 3. The number of nitrogens with one attached hydrogen (secondary N) is 1. The molecule has 2 N–H and O–H groups in total. The highest BCUT2D eigenvalue weighted by molar-refractivity contribution is 7.80. The molecule has 2 aromatic heterocycles. The topological polar surface area (TPSA) is 62.5 Å². The number of aromatic hydroxyl groups is 1. The predicted molar refractivity (Wildman–Crippen MR) is 131 cm³/mol. The molecular weight excluding hydrogens is 444 g/mol. The van der Waals surface area contributed by atoms with Crippen LogP contribution < -0.4 is 5.32 Å². The third-order valence-corrected chi connectivity index (χ3v) is 6.50. The lowest BCUT2D eigenvalue weighted by Gasteiger charge is -2.28. The number of halogens is 1. The summed E-state index contributed by atoms with van der Waals surface area (Å²) < 4.78 is 7.31. The van der Waals surface area contributed by atoms with Crippen LogP contribution in [0.25, 0.3) is 5.69 Å². The Hall–Kier alpha value is -2.61. The summed E-state index contributed by atoms with van der Waals surface area (Å²) in [6.07, 6.45) is 2.66. The summed E-state index contributed by atoms with van der Waals surface area (Å²) in [6.45, 7) is 5.52. The van der Waals surface area contributed by atoms with Crippen molar-refractivity contribution in [1.82, 2.24) is 19.8 Å². The van der Waals surface area contributed by atoms with E-state index in [2.05, 4.69) is 28.2 Å². The standard InChI is InChI=1S/C24H27ClN4O2S/c1-15-13-18(16(2)29(15)20-14-17(25)8-9-21(20)30)23-22(19-7-4-5-10-26-19)27-24(32)28(23)11-6-12-31-3/h4-5,7-10,13-14,22-23,30H,6,11-12H2,1-3H3,(H,27,32)/t22-,23+/m1/s1. The molecule has 0 unspecified atom stereocenters. The third-order valence-electron chi connectivity index (χ3n) is 5.91. The average molecular weight is 471 g/mol. The number of benzene rings is 1. The quantitative estimate of drug-likeness (QED) is 0.380. The van der Waals surface area contributed by atoms with Gasteiger partial charge in [-0.3, -0.25) is 4.98 Å². The first-order chi connectivity index (χ1) is 15.4. The highest BCUT2D eigenvalue weighted by Gasteiger charge is 2.41. The van der Waals surface area contributed by atoms with Crippen molar-refractivity contribution in [3.8, 4) is 11.4 Å². The van der Waals surface area contributed by atoms with Gasteiger partial charge in [0.2, 0.25) is 0 Å². The molecule has 0 bridgehead atoms. The summed E-state index contributed by atoms with van der Waals surface area (Å²) in [5.74, 6) is 0.182. The second-order valence-electron chi connectivity index (χ2n) is 7.96. The Bertz CT molecular complexity index is 1120. The normalized spacial score (nSPS) is 18.2. The summed E-state index contributed by atoms with van der Waals surface area (Å²) in [4.78, 5) is 6.83. The van der Waals surface area contributed by atoms with E-state index in [9.17, 15) is 5.11 Å². The molecule has 0 amide bonds. The van der Waals surface area contributed by atoms with Gasteiger partial charge in [0.25, 0.3) is 0 Å². The SMILES string of the molecule is COCCCN1C(=S)N[C@H](c2ccccn2)[C@@H]1c1cc(C)n(-c2cc(Cl)ccc2O)c1C. The van der Waals surface area contributed by atoms with Gasteiger partial charge in [-0.25, -0.2) is 0 Å². The van der Waals surface area contributed by atoms with E-state index in [-0.39, 0.29) is 17.8 Å². The van der Waals surface area contributed by atoms with Crippen molar-refractivity contribution in [3.63, 3.8) is 0 Å². The summed E-state index contributed by atoms with van der Waals surface area (Å²) >= 11 is 12.0. The smallest absolute Gasteiger partial charge is 0.170 e. The van der Waals surface area contributed by atoms with Crippen LogP contribution >= 0.6 is 23.8 Å². The van der Waals surface area contributed by atoms with Crippen molar-refractivity contribution in [2.24, 2.45) is 0 Å². The Balaban J connectivity index is 1.81. The molecule has 1 aromatic carbocycles. The number of phenolic OH excluding ortho intramolecular Hbond substituents is 1. The summed E-state index contributed by atoms with van der Waals surface area (Å²) in [5.41, 5.74) is 4.75. The Morgan fingerprint density at radius 3 is 2.75 bits per heavy atom. The Morgan fingerprint density at radius 1 is 1.22 bits per heavy atom. The minimum Gasteiger partial charge on any atom is -0.506 e. The van der Waals surface area contributed by atoms with Gasteiger partial charge in [-0.1, -0.05) is 17.7 Å². The van der Waals surface area contributed by atoms with Gasteiger partial charge in [0.1, 0.15) is 5.75 Å². The first kappa shape index (κ1) is 22.6. The zero-order valence-corrected chi connectivity index (χ0v) is 20.0. The minimum atomic E-state index is -0.0897. The van der Waals surface area contributed by atoms with E-state index in [1.54, 1.807) is 31.5 Å². The number of pyridine rings is 1. The van der Waals surface area contributed by atoms with Gasteiger partial charge in [-0.05, 0) is 74.4 Å². The molecule has 4 rings (SSSR count). The van der Waals surface area contributed by atoms with Crippen molar-refractivity contribution in [3.05, 3.63) is 76.3 Å². The maximum Gasteiger partial charge on any atom is 0.170 e. The minimum absolute atomic E-state index is 0.0458. The van der Waals surface area contributed by atoms with Crippen LogP contribution in [-0.4, -0.2) is 44.9 Å². The van der Waals surface area contributed by atoms with Crippen LogP contribution in [0.3, 0.4) is 0 Å². The number of phenols is 1. The van der Waals surface area contributed by atoms with Crippen molar-refractivity contribution in [1.29, 1.82) is 0 Å². The van der Waals surface area contributed by atoms with E-state index in [0.717, 1.165) is 35.6 Å². The fourth-order valence-corrected chi connectivity index (χ4v) is 5.00. The molecular formula is C24H27ClN4O2S. The summed E-state index contributed by atoms with van der Waals surface area (Å²) in [6, 6.07) is 13.0. The van der Waals surface area contributed by atoms with Gasteiger partial charge < -0.3 is 24.6 Å². The van der Waals surface area contributed by atoms with Crippen LogP contribution in [0.5, 0.6) is 5.75 Å². The summed E-state index contributed by atoms with van der Waals surface area (Å²) in [7, 11) is 1.71. The predicted octanol–water partition coefficient (Wildman–Crippen LogP) is 4.86. The van der Waals surface area contributed by atoms with Crippen LogP contribution in [0.4, 0.5) is 0 Å². The molecule has 0 aliphatic carbocycles. The van der Waals surface area contributed by atoms with Crippen LogP contribution in [0.1, 0.15) is 41.1 Å². The first-order valence-corrected chi connectivity index (χ1v) is 11.4. The molecule has 3 aromatic rings. The third kappa shape index (κ3) is 4.20. The number of hydrogen-bond donors (Lipinski definition) is 2. The van der Waals surface area contributed by atoms with Crippen LogP contribution in [0.2, 0.25) is 5.02 Å². The first-order valence-electron chi connectivity index (χ1n) is 10.6. The Kier molecular flexibility index (Phi) is 6.69. The summed E-state index contributed by atoms with van der Waals surface area (Å²) in [5, 5.41) is 15.3. The lowest BCUT2D eigenvalue weighted by Crippen LogP contribution is -2.31. The molecule has 6 nitrogen and oxygen atoms in total. The van der Waals surface area contributed by atoms with Gasteiger partial charge in [0.15, 0.2) is 5.11 Å². The molecule has 1 fully saturated rings. The van der Waals surface area contributed by atoms with E-state index in [1.807, 2.05) is 29.7 Å². The number of aromatic nitrogens is 2. The van der Waals surface area contributed by atoms with Gasteiger partial charge in [0, 0.05) is 42.9 Å². The van der Waals surface area contributed by atoms with E-state index < -0.39 is 0 Å². The highest BCUT2D eigenvalue weighted by Crippen LogP contribution is 2.42. The molecule has 8 heteroatoms. The molecule has 32 heavy (non-hydrogen) atoms. The van der Waals surface area contributed by atoms with Gasteiger partial charge in [-0.2, -0.15) is 0 Å². The van der Waals surface area contributed by atoms with Crippen molar-refractivity contribution in [2.75, 3.05) is 20.3 Å². The van der Waals surface area contributed by atoms with Crippen LogP contribution in [0.15, 0.2) is 48.7 Å². The number of methoxy groups -OCH3 is 1. The van der Waals surface area contributed by atoms with Crippen LogP contribution in [0, 0.1) is 13.8 Å². The van der Waals surface area contributed by atoms with Gasteiger partial charge >= 0.3 is 0 Å². The lowest BCUT2D eigenvalue weighted by molar-refractivity contribution is 0.180. The molecule has 1 saturated heterocycles. The van der Waals surface area contributed by atoms with Gasteiger partial charge in [0.05, 0.1) is 23.5 Å². The maximum absolute atomic E-state index is 10.5. The van der Waals surface area contributed by atoms with E-state index in [4.69, 9.17) is 28.6 Å². The molecule has 0 radical (unpaired) electrons. The fraction of sp³-hybridized carbons (Fsp3) is 0.333. The van der Waals surface area contributed by atoms with Gasteiger partial charge in [-0.15, -0.1) is 0 Å². The second kappa shape index (κ2) is 9.48.